The summed E-state index contributed by atoms with van der Waals surface area (Å²) in [4.78, 5) is 9.24. The first-order chi connectivity index (χ1) is 11.6. The maximum Gasteiger partial charge on any atom is 0.227 e. The van der Waals surface area contributed by atoms with E-state index in [1.165, 1.54) is 0 Å². The molecule has 0 fully saturated rings. The Morgan fingerprint density at radius 3 is 2.50 bits per heavy atom. The quantitative estimate of drug-likeness (QED) is 0.479. The number of para-hydroxylation sites is 1. The molecule has 4 rings (SSSR count). The van der Waals surface area contributed by atoms with Crippen LogP contribution in [-0.2, 0) is 0 Å². The van der Waals surface area contributed by atoms with Crippen LogP contribution in [0.2, 0.25) is 0 Å². The van der Waals surface area contributed by atoms with Gasteiger partial charge in [-0.2, -0.15) is 0 Å². The first kappa shape index (κ1) is 14.9. The average Bonchev–Trinajstić information content (AvgIpc) is 2.99. The fourth-order valence-electron chi connectivity index (χ4n) is 3.01. The summed E-state index contributed by atoms with van der Waals surface area (Å²) in [6.07, 6.45) is 1.80. The molecular formula is C21H20N2O. The fraction of sp³-hybridized carbons (Fsp3) is 0.238. The van der Waals surface area contributed by atoms with Crippen molar-refractivity contribution in [3.05, 3.63) is 60.4 Å². The van der Waals surface area contributed by atoms with Crippen LogP contribution in [0.3, 0.4) is 0 Å². The monoisotopic (exact) mass is 316 g/mol. The van der Waals surface area contributed by atoms with Gasteiger partial charge >= 0.3 is 0 Å². The molecule has 3 aromatic heterocycles. The lowest BCUT2D eigenvalue weighted by Gasteiger charge is -2.14. The minimum absolute atomic E-state index is 0.401. The van der Waals surface area contributed by atoms with E-state index in [0.29, 0.717) is 17.5 Å². The number of rotatable bonds is 3. The normalized spacial score (nSPS) is 13.0. The molecule has 0 aliphatic carbocycles. The Morgan fingerprint density at radius 1 is 0.875 bits per heavy atom. The van der Waals surface area contributed by atoms with Crippen molar-refractivity contribution >= 4 is 22.1 Å². The SMILES string of the molecule is CC(C)C(C)c1ccc2c(n1)oc1c(-c3ccccn3)cccc12. The van der Waals surface area contributed by atoms with Crippen LogP contribution in [0.4, 0.5) is 0 Å². The summed E-state index contributed by atoms with van der Waals surface area (Å²) in [7, 11) is 0. The highest BCUT2D eigenvalue weighted by atomic mass is 16.3. The number of aromatic nitrogens is 2. The van der Waals surface area contributed by atoms with Crippen molar-refractivity contribution in [2.24, 2.45) is 5.92 Å². The van der Waals surface area contributed by atoms with E-state index in [1.54, 1.807) is 6.20 Å². The van der Waals surface area contributed by atoms with E-state index in [-0.39, 0.29) is 0 Å². The second kappa shape index (κ2) is 5.75. The maximum atomic E-state index is 6.16. The van der Waals surface area contributed by atoms with Crippen LogP contribution in [0.25, 0.3) is 33.3 Å². The van der Waals surface area contributed by atoms with Crippen LogP contribution in [-0.4, -0.2) is 9.97 Å². The van der Waals surface area contributed by atoms with Gasteiger partial charge in [0.1, 0.15) is 5.58 Å². The van der Waals surface area contributed by atoms with E-state index in [9.17, 15) is 0 Å². The zero-order valence-electron chi connectivity index (χ0n) is 14.2. The number of benzene rings is 1. The minimum atomic E-state index is 0.401. The average molecular weight is 316 g/mol. The van der Waals surface area contributed by atoms with Crippen LogP contribution in [0.5, 0.6) is 0 Å². The van der Waals surface area contributed by atoms with Gasteiger partial charge in [-0.05, 0) is 36.2 Å². The Labute approximate surface area is 141 Å². The molecule has 1 aromatic carbocycles. The van der Waals surface area contributed by atoms with Crippen LogP contribution >= 0.6 is 0 Å². The van der Waals surface area contributed by atoms with Crippen LogP contribution in [0, 0.1) is 5.92 Å². The Kier molecular flexibility index (Phi) is 3.57. The van der Waals surface area contributed by atoms with Gasteiger partial charge in [0.05, 0.1) is 5.69 Å². The molecule has 0 aliphatic rings. The van der Waals surface area contributed by atoms with Crippen molar-refractivity contribution in [2.45, 2.75) is 26.7 Å². The van der Waals surface area contributed by atoms with E-state index in [0.717, 1.165) is 33.3 Å². The highest BCUT2D eigenvalue weighted by Crippen LogP contribution is 2.35. The molecule has 1 unspecified atom stereocenters. The molecule has 0 saturated carbocycles. The third-order valence-corrected chi connectivity index (χ3v) is 4.79. The van der Waals surface area contributed by atoms with Crippen molar-refractivity contribution in [1.29, 1.82) is 0 Å². The van der Waals surface area contributed by atoms with E-state index < -0.39 is 0 Å². The smallest absolute Gasteiger partial charge is 0.227 e. The van der Waals surface area contributed by atoms with Crippen molar-refractivity contribution in [3.8, 4) is 11.3 Å². The molecule has 3 heterocycles. The number of hydrogen-bond donors (Lipinski definition) is 0. The highest BCUT2D eigenvalue weighted by Gasteiger charge is 2.16. The largest absolute Gasteiger partial charge is 0.437 e. The number of fused-ring (bicyclic) bond motifs is 3. The molecule has 0 aliphatic heterocycles. The Morgan fingerprint density at radius 2 is 1.75 bits per heavy atom. The second-order valence-corrected chi connectivity index (χ2v) is 6.62. The molecule has 0 amide bonds. The number of hydrogen-bond acceptors (Lipinski definition) is 3. The van der Waals surface area contributed by atoms with Gasteiger partial charge in [0.25, 0.3) is 0 Å². The van der Waals surface area contributed by atoms with Crippen LogP contribution in [0.15, 0.2) is 59.1 Å². The summed E-state index contributed by atoms with van der Waals surface area (Å²) in [5, 5.41) is 2.15. The third-order valence-electron chi connectivity index (χ3n) is 4.79. The molecule has 4 aromatic rings. The van der Waals surface area contributed by atoms with Crippen molar-refractivity contribution in [3.63, 3.8) is 0 Å². The molecule has 24 heavy (non-hydrogen) atoms. The zero-order chi connectivity index (χ0) is 16.7. The number of nitrogens with zero attached hydrogens (tertiary/aromatic N) is 2. The minimum Gasteiger partial charge on any atom is -0.437 e. The van der Waals surface area contributed by atoms with Gasteiger partial charge in [-0.25, -0.2) is 4.98 Å². The van der Waals surface area contributed by atoms with Gasteiger partial charge in [-0.15, -0.1) is 0 Å². The first-order valence-corrected chi connectivity index (χ1v) is 8.38. The van der Waals surface area contributed by atoms with Gasteiger partial charge in [0, 0.05) is 34.1 Å². The predicted molar refractivity (Wildman–Crippen MR) is 98.0 cm³/mol. The fourth-order valence-corrected chi connectivity index (χ4v) is 3.01. The van der Waals surface area contributed by atoms with E-state index in [2.05, 4.69) is 44.0 Å². The van der Waals surface area contributed by atoms with E-state index in [1.807, 2.05) is 30.3 Å². The van der Waals surface area contributed by atoms with Gasteiger partial charge in [0.15, 0.2) is 0 Å². The lowest BCUT2D eigenvalue weighted by atomic mass is 9.94. The van der Waals surface area contributed by atoms with Gasteiger partial charge in [0.2, 0.25) is 5.71 Å². The third kappa shape index (κ3) is 2.37. The van der Waals surface area contributed by atoms with Crippen LogP contribution < -0.4 is 0 Å². The lowest BCUT2D eigenvalue weighted by Crippen LogP contribution is -2.03. The van der Waals surface area contributed by atoms with Crippen LogP contribution in [0.1, 0.15) is 32.4 Å². The molecule has 0 bridgehead atoms. The summed E-state index contributed by atoms with van der Waals surface area (Å²) in [6.45, 7) is 6.64. The van der Waals surface area contributed by atoms with Gasteiger partial charge < -0.3 is 4.42 Å². The molecule has 3 heteroatoms. The standard InChI is InChI=1S/C21H20N2O/c1-13(2)14(3)18-11-10-16-15-7-6-8-17(19-9-4-5-12-22-19)20(15)24-21(16)23-18/h4-14H,1-3H3. The molecule has 0 saturated heterocycles. The lowest BCUT2D eigenvalue weighted by molar-refractivity contribution is 0.521. The summed E-state index contributed by atoms with van der Waals surface area (Å²) >= 11 is 0. The molecule has 0 N–H and O–H groups in total. The zero-order valence-corrected chi connectivity index (χ0v) is 14.2. The van der Waals surface area contributed by atoms with E-state index in [4.69, 9.17) is 9.40 Å². The highest BCUT2D eigenvalue weighted by molar-refractivity contribution is 6.08. The summed E-state index contributed by atoms with van der Waals surface area (Å²) < 4.78 is 6.16. The molecule has 1 atom stereocenters. The molecule has 120 valence electrons. The van der Waals surface area contributed by atoms with E-state index >= 15 is 0 Å². The predicted octanol–water partition coefficient (Wildman–Crippen LogP) is 5.80. The Hall–Kier alpha value is -2.68. The van der Waals surface area contributed by atoms with Gasteiger partial charge in [-0.3, -0.25) is 4.98 Å². The summed E-state index contributed by atoms with van der Waals surface area (Å²) in [5.41, 5.74) is 4.56. The molecule has 0 radical (unpaired) electrons. The summed E-state index contributed by atoms with van der Waals surface area (Å²) in [5.74, 6) is 0.946. The summed E-state index contributed by atoms with van der Waals surface area (Å²) in [6, 6.07) is 16.3. The maximum absolute atomic E-state index is 6.16. The topological polar surface area (TPSA) is 38.9 Å². The molecule has 0 spiro atoms. The molecule has 3 nitrogen and oxygen atoms in total. The second-order valence-electron chi connectivity index (χ2n) is 6.62. The van der Waals surface area contributed by atoms with Gasteiger partial charge in [-0.1, -0.05) is 39.0 Å². The Balaban J connectivity index is 1.94. The molecular weight excluding hydrogens is 296 g/mol. The van der Waals surface area contributed by atoms with Crippen molar-refractivity contribution in [2.75, 3.05) is 0 Å². The number of furan rings is 1. The first-order valence-electron chi connectivity index (χ1n) is 8.38. The Bertz CT molecular complexity index is 1000. The van der Waals surface area contributed by atoms with Crippen molar-refractivity contribution in [1.82, 2.24) is 9.97 Å². The number of pyridine rings is 2. The van der Waals surface area contributed by atoms with Crippen molar-refractivity contribution < 1.29 is 4.42 Å².